The minimum atomic E-state index is 0.149. The number of carbonyl (C=O) groups is 1. The fourth-order valence-electron chi connectivity index (χ4n) is 2.45. The molecule has 0 radical (unpaired) electrons. The van der Waals surface area contributed by atoms with Crippen molar-refractivity contribution >= 4 is 5.91 Å². The van der Waals surface area contributed by atoms with Gasteiger partial charge in [0.15, 0.2) is 0 Å². The van der Waals surface area contributed by atoms with E-state index in [1.54, 1.807) is 0 Å². The second-order valence-corrected chi connectivity index (χ2v) is 4.94. The average Bonchev–Trinajstić information content (AvgIpc) is 2.40. The van der Waals surface area contributed by atoms with E-state index < -0.39 is 0 Å². The van der Waals surface area contributed by atoms with Gasteiger partial charge in [-0.2, -0.15) is 0 Å². The van der Waals surface area contributed by atoms with Crippen LogP contribution in [0, 0.1) is 0 Å². The number of rotatable bonds is 4. The van der Waals surface area contributed by atoms with Crippen molar-refractivity contribution in [1.29, 1.82) is 0 Å². The van der Waals surface area contributed by atoms with Gasteiger partial charge < -0.3 is 10.2 Å². The van der Waals surface area contributed by atoms with Gasteiger partial charge >= 0.3 is 0 Å². The molecule has 1 fully saturated rings. The molecule has 2 rings (SSSR count). The van der Waals surface area contributed by atoms with Gasteiger partial charge in [0.2, 0.25) is 5.91 Å². The van der Waals surface area contributed by atoms with Crippen LogP contribution in [0.4, 0.5) is 0 Å². The van der Waals surface area contributed by atoms with Gasteiger partial charge in [-0.1, -0.05) is 37.3 Å². The topological polar surface area (TPSA) is 32.3 Å². The van der Waals surface area contributed by atoms with Crippen molar-refractivity contribution in [2.24, 2.45) is 0 Å². The summed E-state index contributed by atoms with van der Waals surface area (Å²) in [6, 6.07) is 10.3. The third kappa shape index (κ3) is 3.84. The molecule has 1 N–H and O–H groups in total. The molecule has 1 aliphatic rings. The van der Waals surface area contributed by atoms with Crippen molar-refractivity contribution in [2.45, 2.75) is 32.2 Å². The lowest BCUT2D eigenvalue weighted by Gasteiger charge is -2.31. The lowest BCUT2D eigenvalue weighted by molar-refractivity contribution is -0.121. The molecule has 1 amide bonds. The van der Waals surface area contributed by atoms with Crippen molar-refractivity contribution in [3.8, 4) is 0 Å². The Morgan fingerprint density at radius 3 is 2.56 bits per heavy atom. The summed E-state index contributed by atoms with van der Waals surface area (Å²) >= 11 is 0. The molecule has 1 aromatic rings. The van der Waals surface area contributed by atoms with Crippen molar-refractivity contribution in [1.82, 2.24) is 10.2 Å². The molecule has 3 nitrogen and oxygen atoms in total. The number of likely N-dealkylation sites (tertiary alicyclic amines) is 1. The van der Waals surface area contributed by atoms with Crippen LogP contribution in [0.1, 0.15) is 25.3 Å². The van der Waals surface area contributed by atoms with Crippen LogP contribution in [0.5, 0.6) is 0 Å². The van der Waals surface area contributed by atoms with Crippen LogP contribution in [-0.2, 0) is 11.2 Å². The van der Waals surface area contributed by atoms with E-state index in [4.69, 9.17) is 0 Å². The Kier molecular flexibility index (Phi) is 4.76. The maximum absolute atomic E-state index is 11.9. The third-order valence-corrected chi connectivity index (χ3v) is 3.61. The molecule has 3 heteroatoms. The highest BCUT2D eigenvalue weighted by Gasteiger charge is 2.19. The Hall–Kier alpha value is -1.35. The summed E-state index contributed by atoms with van der Waals surface area (Å²) < 4.78 is 0. The Morgan fingerprint density at radius 2 is 1.94 bits per heavy atom. The second-order valence-electron chi connectivity index (χ2n) is 4.94. The zero-order valence-electron chi connectivity index (χ0n) is 11.1. The second kappa shape index (κ2) is 6.55. The quantitative estimate of drug-likeness (QED) is 0.879. The SMILES string of the molecule is CCN1CCC(NC(=O)Cc2ccccc2)CC1. The zero-order valence-corrected chi connectivity index (χ0v) is 11.1. The molecule has 0 spiro atoms. The van der Waals surface area contributed by atoms with Crippen molar-refractivity contribution < 1.29 is 4.79 Å². The van der Waals surface area contributed by atoms with E-state index in [0.29, 0.717) is 12.5 Å². The number of carbonyl (C=O) groups excluding carboxylic acids is 1. The van der Waals surface area contributed by atoms with Crippen LogP contribution in [-0.4, -0.2) is 36.5 Å². The lowest BCUT2D eigenvalue weighted by atomic mass is 10.0. The third-order valence-electron chi connectivity index (χ3n) is 3.61. The lowest BCUT2D eigenvalue weighted by Crippen LogP contribution is -2.44. The molecular weight excluding hydrogens is 224 g/mol. The first-order chi connectivity index (χ1) is 8.78. The minimum Gasteiger partial charge on any atom is -0.353 e. The van der Waals surface area contributed by atoms with E-state index in [9.17, 15) is 4.79 Å². The fraction of sp³-hybridized carbons (Fsp3) is 0.533. The van der Waals surface area contributed by atoms with Crippen LogP contribution in [0.3, 0.4) is 0 Å². The Labute approximate surface area is 109 Å². The largest absolute Gasteiger partial charge is 0.353 e. The summed E-state index contributed by atoms with van der Waals surface area (Å²) in [5, 5.41) is 3.15. The summed E-state index contributed by atoms with van der Waals surface area (Å²) in [5.74, 6) is 0.149. The molecule has 0 bridgehead atoms. The standard InChI is InChI=1S/C15H22N2O/c1-2-17-10-8-14(9-11-17)16-15(18)12-13-6-4-3-5-7-13/h3-7,14H,2,8-12H2,1H3,(H,16,18). The number of hydrogen-bond donors (Lipinski definition) is 1. The normalized spacial score (nSPS) is 17.6. The van der Waals surface area contributed by atoms with Crippen LogP contribution in [0.25, 0.3) is 0 Å². The van der Waals surface area contributed by atoms with Gasteiger partial charge in [0.25, 0.3) is 0 Å². The molecular formula is C15H22N2O. The summed E-state index contributed by atoms with van der Waals surface area (Å²) in [6.07, 6.45) is 2.65. The molecule has 98 valence electrons. The van der Waals surface area contributed by atoms with Gasteiger partial charge in [0.05, 0.1) is 6.42 Å². The molecule has 0 unspecified atom stereocenters. The van der Waals surface area contributed by atoms with Crippen LogP contribution in [0.15, 0.2) is 30.3 Å². The first-order valence-electron chi connectivity index (χ1n) is 6.83. The minimum absolute atomic E-state index is 0.149. The molecule has 1 saturated heterocycles. The van der Waals surface area contributed by atoms with Gasteiger partial charge in [-0.3, -0.25) is 4.79 Å². The van der Waals surface area contributed by atoms with E-state index in [1.165, 1.54) is 0 Å². The van der Waals surface area contributed by atoms with Crippen molar-refractivity contribution in [2.75, 3.05) is 19.6 Å². The van der Waals surface area contributed by atoms with Gasteiger partial charge in [0.1, 0.15) is 0 Å². The predicted molar refractivity (Wildman–Crippen MR) is 73.4 cm³/mol. The number of nitrogens with one attached hydrogen (secondary N) is 1. The van der Waals surface area contributed by atoms with E-state index in [0.717, 1.165) is 38.0 Å². The van der Waals surface area contributed by atoms with Gasteiger partial charge in [-0.05, 0) is 24.9 Å². The van der Waals surface area contributed by atoms with Gasteiger partial charge in [-0.25, -0.2) is 0 Å². The van der Waals surface area contributed by atoms with Crippen LogP contribution in [0.2, 0.25) is 0 Å². The molecule has 1 aromatic carbocycles. The smallest absolute Gasteiger partial charge is 0.224 e. The fourth-order valence-corrected chi connectivity index (χ4v) is 2.45. The van der Waals surface area contributed by atoms with E-state index in [2.05, 4.69) is 17.1 Å². The molecule has 0 atom stereocenters. The van der Waals surface area contributed by atoms with E-state index in [-0.39, 0.29) is 5.91 Å². The Morgan fingerprint density at radius 1 is 1.28 bits per heavy atom. The molecule has 1 aliphatic heterocycles. The predicted octanol–water partition coefficient (Wildman–Crippen LogP) is 1.83. The maximum atomic E-state index is 11.9. The molecule has 0 aromatic heterocycles. The number of benzene rings is 1. The highest BCUT2D eigenvalue weighted by Crippen LogP contribution is 2.10. The van der Waals surface area contributed by atoms with E-state index in [1.807, 2.05) is 30.3 Å². The van der Waals surface area contributed by atoms with Crippen molar-refractivity contribution in [3.63, 3.8) is 0 Å². The average molecular weight is 246 g/mol. The molecule has 1 heterocycles. The van der Waals surface area contributed by atoms with Crippen LogP contribution < -0.4 is 5.32 Å². The summed E-state index contributed by atoms with van der Waals surface area (Å²) in [7, 11) is 0. The summed E-state index contributed by atoms with van der Waals surface area (Å²) in [5.41, 5.74) is 1.08. The highest BCUT2D eigenvalue weighted by atomic mass is 16.1. The monoisotopic (exact) mass is 246 g/mol. The number of nitrogens with zero attached hydrogens (tertiary/aromatic N) is 1. The number of amides is 1. The molecule has 0 saturated carbocycles. The van der Waals surface area contributed by atoms with Gasteiger partial charge in [-0.15, -0.1) is 0 Å². The Bertz CT molecular complexity index is 369. The molecule has 0 aliphatic carbocycles. The Balaban J connectivity index is 1.75. The number of piperidine rings is 1. The molecule has 18 heavy (non-hydrogen) atoms. The maximum Gasteiger partial charge on any atom is 0.224 e. The van der Waals surface area contributed by atoms with Crippen LogP contribution >= 0.6 is 0 Å². The van der Waals surface area contributed by atoms with E-state index >= 15 is 0 Å². The van der Waals surface area contributed by atoms with Gasteiger partial charge in [0, 0.05) is 19.1 Å². The summed E-state index contributed by atoms with van der Waals surface area (Å²) in [6.45, 7) is 5.51. The summed E-state index contributed by atoms with van der Waals surface area (Å²) in [4.78, 5) is 14.3. The highest BCUT2D eigenvalue weighted by molar-refractivity contribution is 5.78. The van der Waals surface area contributed by atoms with Crippen molar-refractivity contribution in [3.05, 3.63) is 35.9 Å². The number of hydrogen-bond acceptors (Lipinski definition) is 2. The first kappa shape index (κ1) is 13.1. The first-order valence-corrected chi connectivity index (χ1v) is 6.83. The zero-order chi connectivity index (χ0) is 12.8.